The van der Waals surface area contributed by atoms with Gasteiger partial charge in [0.25, 0.3) is 0 Å². The van der Waals surface area contributed by atoms with Crippen LogP contribution in [0.3, 0.4) is 0 Å². The third-order valence-corrected chi connectivity index (χ3v) is 3.94. The van der Waals surface area contributed by atoms with Crippen molar-refractivity contribution >= 4 is 31.3 Å². The van der Waals surface area contributed by atoms with Crippen LogP contribution >= 0.6 is 22.3 Å². The summed E-state index contributed by atoms with van der Waals surface area (Å²) in [6.07, 6.45) is 0.599. The summed E-state index contributed by atoms with van der Waals surface area (Å²) in [5, 5.41) is 0.0118. The van der Waals surface area contributed by atoms with Gasteiger partial charge in [-0.2, -0.15) is 0 Å². The lowest BCUT2D eigenvalue weighted by Gasteiger charge is -2.14. The largest absolute Gasteiger partial charge is 0.493 e. The average Bonchev–Trinajstić information content (AvgIpc) is 2.27. The molecule has 0 saturated heterocycles. The number of rotatable bonds is 6. The molecule has 3 nitrogen and oxygen atoms in total. The van der Waals surface area contributed by atoms with Crippen molar-refractivity contribution < 1.29 is 17.5 Å². The standard InChI is InChI=1S/C11H13Cl2FO3S/c1-2-8(7-18(13,15)16)6-17-9-3-4-10(12)11(14)5-9/h3-5,8H,2,6-7H2,1H3. The summed E-state index contributed by atoms with van der Waals surface area (Å²) in [5.41, 5.74) is 0. The molecule has 0 saturated carbocycles. The van der Waals surface area contributed by atoms with Gasteiger partial charge in [-0.1, -0.05) is 18.5 Å². The molecular formula is C11H13Cl2FO3S. The summed E-state index contributed by atoms with van der Waals surface area (Å²) >= 11 is 5.53. The fourth-order valence-corrected chi connectivity index (χ4v) is 2.89. The van der Waals surface area contributed by atoms with Crippen molar-refractivity contribution in [3.05, 3.63) is 29.0 Å². The molecule has 0 aliphatic rings. The monoisotopic (exact) mass is 314 g/mol. The Labute approximate surface area is 115 Å². The third kappa shape index (κ3) is 5.42. The van der Waals surface area contributed by atoms with Gasteiger partial charge in [0.2, 0.25) is 9.05 Å². The Morgan fingerprint density at radius 2 is 2.11 bits per heavy atom. The number of halogens is 3. The second-order valence-electron chi connectivity index (χ2n) is 3.87. The summed E-state index contributed by atoms with van der Waals surface area (Å²) in [7, 11) is 1.62. The van der Waals surface area contributed by atoms with Crippen LogP contribution < -0.4 is 4.74 Å². The van der Waals surface area contributed by atoms with Gasteiger partial charge in [0, 0.05) is 22.7 Å². The van der Waals surface area contributed by atoms with Crippen molar-refractivity contribution in [1.82, 2.24) is 0 Å². The molecule has 1 rings (SSSR count). The first-order chi connectivity index (χ1) is 8.31. The first kappa shape index (κ1) is 15.5. The van der Waals surface area contributed by atoms with Gasteiger partial charge in [0.15, 0.2) is 0 Å². The summed E-state index contributed by atoms with van der Waals surface area (Å²) < 4.78 is 40.3. The highest BCUT2D eigenvalue weighted by molar-refractivity contribution is 8.13. The molecule has 0 bridgehead atoms. The highest BCUT2D eigenvalue weighted by Gasteiger charge is 2.16. The van der Waals surface area contributed by atoms with Crippen LogP contribution in [0.1, 0.15) is 13.3 Å². The van der Waals surface area contributed by atoms with Crippen LogP contribution in [0.2, 0.25) is 5.02 Å². The zero-order chi connectivity index (χ0) is 13.8. The molecule has 0 N–H and O–H groups in total. The highest BCUT2D eigenvalue weighted by Crippen LogP contribution is 2.21. The second kappa shape index (κ2) is 6.59. The Bertz CT molecular complexity index is 505. The van der Waals surface area contributed by atoms with Crippen molar-refractivity contribution in [3.63, 3.8) is 0 Å². The third-order valence-electron chi connectivity index (χ3n) is 2.39. The minimum Gasteiger partial charge on any atom is -0.493 e. The first-order valence-corrected chi connectivity index (χ1v) is 8.17. The van der Waals surface area contributed by atoms with Crippen molar-refractivity contribution in [2.45, 2.75) is 13.3 Å². The molecule has 18 heavy (non-hydrogen) atoms. The van der Waals surface area contributed by atoms with Gasteiger partial charge in [-0.15, -0.1) is 0 Å². The molecule has 1 aromatic rings. The zero-order valence-electron chi connectivity index (χ0n) is 9.70. The van der Waals surface area contributed by atoms with E-state index in [2.05, 4.69) is 0 Å². The Balaban J connectivity index is 2.60. The Morgan fingerprint density at radius 1 is 1.44 bits per heavy atom. The molecule has 102 valence electrons. The van der Waals surface area contributed by atoms with Gasteiger partial charge in [0.05, 0.1) is 17.4 Å². The predicted molar refractivity (Wildman–Crippen MR) is 70.3 cm³/mol. The molecule has 0 aliphatic carbocycles. The van der Waals surface area contributed by atoms with E-state index in [9.17, 15) is 12.8 Å². The van der Waals surface area contributed by atoms with Gasteiger partial charge >= 0.3 is 0 Å². The maximum absolute atomic E-state index is 13.1. The Hall–Kier alpha value is -0.520. The van der Waals surface area contributed by atoms with E-state index in [-0.39, 0.29) is 23.3 Å². The van der Waals surface area contributed by atoms with E-state index < -0.39 is 14.9 Å². The summed E-state index contributed by atoms with van der Waals surface area (Å²) in [5.74, 6) is -0.665. The maximum atomic E-state index is 13.1. The number of hydrogen-bond acceptors (Lipinski definition) is 3. The lowest BCUT2D eigenvalue weighted by Crippen LogP contribution is -2.19. The van der Waals surface area contributed by atoms with Crippen LogP contribution in [0.4, 0.5) is 4.39 Å². The average molecular weight is 315 g/mol. The van der Waals surface area contributed by atoms with Gasteiger partial charge in [0.1, 0.15) is 11.6 Å². The second-order valence-corrected chi connectivity index (χ2v) is 7.10. The smallest absolute Gasteiger partial charge is 0.232 e. The van der Waals surface area contributed by atoms with E-state index in [1.54, 1.807) is 0 Å². The minimum absolute atomic E-state index is 0.0118. The van der Waals surface area contributed by atoms with E-state index in [1.165, 1.54) is 12.1 Å². The predicted octanol–water partition coefficient (Wildman–Crippen LogP) is 3.45. The summed E-state index contributed by atoms with van der Waals surface area (Å²) in [4.78, 5) is 0. The quantitative estimate of drug-likeness (QED) is 0.755. The lowest BCUT2D eigenvalue weighted by molar-refractivity contribution is 0.257. The van der Waals surface area contributed by atoms with Crippen LogP contribution in [0.25, 0.3) is 0 Å². The SMILES string of the molecule is CCC(COc1ccc(Cl)c(F)c1)CS(=O)(=O)Cl. The van der Waals surface area contributed by atoms with Crippen LogP contribution in [-0.4, -0.2) is 20.8 Å². The fourth-order valence-electron chi connectivity index (χ4n) is 1.35. The van der Waals surface area contributed by atoms with E-state index in [4.69, 9.17) is 27.0 Å². The molecule has 1 unspecified atom stereocenters. The molecule has 1 aromatic carbocycles. The van der Waals surface area contributed by atoms with Gasteiger partial charge < -0.3 is 4.74 Å². The van der Waals surface area contributed by atoms with Gasteiger partial charge in [-0.25, -0.2) is 12.8 Å². The lowest BCUT2D eigenvalue weighted by atomic mass is 10.1. The van der Waals surface area contributed by atoms with Crippen LogP contribution in [0, 0.1) is 11.7 Å². The van der Waals surface area contributed by atoms with Crippen LogP contribution in [-0.2, 0) is 9.05 Å². The van der Waals surface area contributed by atoms with Crippen LogP contribution in [0.5, 0.6) is 5.75 Å². The molecule has 1 atom stereocenters. The minimum atomic E-state index is -3.56. The number of ether oxygens (including phenoxy) is 1. The van der Waals surface area contributed by atoms with Crippen molar-refractivity contribution in [2.75, 3.05) is 12.4 Å². The van der Waals surface area contributed by atoms with Crippen LogP contribution in [0.15, 0.2) is 18.2 Å². The number of benzene rings is 1. The molecule has 0 aliphatic heterocycles. The maximum Gasteiger partial charge on any atom is 0.232 e. The Morgan fingerprint density at radius 3 is 2.61 bits per heavy atom. The Kier molecular flexibility index (Phi) is 5.69. The van der Waals surface area contributed by atoms with E-state index in [1.807, 2.05) is 6.92 Å². The summed E-state index contributed by atoms with van der Waals surface area (Å²) in [6, 6.07) is 4.06. The van der Waals surface area contributed by atoms with Gasteiger partial charge in [-0.05, 0) is 18.6 Å². The number of hydrogen-bond donors (Lipinski definition) is 0. The summed E-state index contributed by atoms with van der Waals surface area (Å²) in [6.45, 7) is 1.99. The fraction of sp³-hybridized carbons (Fsp3) is 0.455. The molecular weight excluding hydrogens is 302 g/mol. The normalized spacial score (nSPS) is 13.3. The molecule has 0 heterocycles. The molecule has 0 fully saturated rings. The van der Waals surface area contributed by atoms with Gasteiger partial charge in [-0.3, -0.25) is 0 Å². The molecule has 0 spiro atoms. The van der Waals surface area contributed by atoms with E-state index in [0.29, 0.717) is 12.2 Å². The molecule has 0 amide bonds. The topological polar surface area (TPSA) is 43.4 Å². The zero-order valence-corrected chi connectivity index (χ0v) is 12.0. The van der Waals surface area contributed by atoms with Crippen molar-refractivity contribution in [3.8, 4) is 5.75 Å². The molecule has 7 heteroatoms. The molecule has 0 radical (unpaired) electrons. The van der Waals surface area contributed by atoms with Crippen molar-refractivity contribution in [2.24, 2.45) is 5.92 Å². The van der Waals surface area contributed by atoms with E-state index >= 15 is 0 Å². The van der Waals surface area contributed by atoms with Crippen molar-refractivity contribution in [1.29, 1.82) is 0 Å². The molecule has 0 aromatic heterocycles. The van der Waals surface area contributed by atoms with E-state index in [0.717, 1.165) is 6.07 Å². The highest BCUT2D eigenvalue weighted by atomic mass is 35.7. The first-order valence-electron chi connectivity index (χ1n) is 5.32.